The first kappa shape index (κ1) is 18.4. The minimum atomic E-state index is -0.463. The summed E-state index contributed by atoms with van der Waals surface area (Å²) in [4.78, 5) is 11.0. The molecule has 1 aliphatic rings. The van der Waals surface area contributed by atoms with E-state index in [1.807, 2.05) is 17.0 Å². The summed E-state index contributed by atoms with van der Waals surface area (Å²) in [6.07, 6.45) is 3.13. The van der Waals surface area contributed by atoms with Gasteiger partial charge in [0.15, 0.2) is 5.84 Å². The van der Waals surface area contributed by atoms with Crippen molar-refractivity contribution >= 4 is 23.0 Å². The molecule has 144 valence electrons. The van der Waals surface area contributed by atoms with E-state index >= 15 is 0 Å². The minimum absolute atomic E-state index is 0.283. The van der Waals surface area contributed by atoms with Gasteiger partial charge in [-0.3, -0.25) is 0 Å². The lowest BCUT2D eigenvalue weighted by Gasteiger charge is -2.31. The first-order valence-corrected chi connectivity index (χ1v) is 9.32. The number of hydrogen-bond donors (Lipinski definition) is 2. The van der Waals surface area contributed by atoms with Gasteiger partial charge in [0, 0.05) is 25.0 Å². The smallest absolute Gasteiger partial charge is 0.160 e. The van der Waals surface area contributed by atoms with Gasteiger partial charge in [-0.25, -0.2) is 18.9 Å². The highest BCUT2D eigenvalue weighted by Crippen LogP contribution is 2.21. The van der Waals surface area contributed by atoms with Crippen molar-refractivity contribution in [2.24, 2.45) is 16.5 Å². The second-order valence-electron chi connectivity index (χ2n) is 6.37. The van der Waals surface area contributed by atoms with Crippen molar-refractivity contribution in [1.29, 1.82) is 0 Å². The fraction of sp³-hybridized carbons (Fsp3) is 0.211. The maximum atomic E-state index is 14.2. The molecule has 0 bridgehead atoms. The van der Waals surface area contributed by atoms with Crippen LogP contribution in [-0.2, 0) is 6.42 Å². The average Bonchev–Trinajstić information content (AvgIpc) is 3.04. The number of benzene rings is 1. The Bertz CT molecular complexity index is 1080. The fourth-order valence-electron chi connectivity index (χ4n) is 3.25. The second kappa shape index (κ2) is 7.57. The first-order valence-electron chi connectivity index (χ1n) is 8.79. The Balaban J connectivity index is 1.84. The highest BCUT2D eigenvalue weighted by molar-refractivity contribution is 6.18. The van der Waals surface area contributed by atoms with E-state index in [1.54, 1.807) is 35.0 Å². The van der Waals surface area contributed by atoms with Gasteiger partial charge < -0.3 is 16.4 Å². The Labute approximate surface area is 166 Å². The van der Waals surface area contributed by atoms with Crippen LogP contribution in [0, 0.1) is 5.82 Å². The van der Waals surface area contributed by atoms with Crippen molar-refractivity contribution in [2.45, 2.75) is 12.6 Å². The van der Waals surface area contributed by atoms with E-state index in [-0.39, 0.29) is 12.2 Å². The Morgan fingerprint density at radius 3 is 2.79 bits per heavy atom. The number of nitrogens with zero attached hydrogens (tertiary/aromatic N) is 5. The molecule has 0 saturated heterocycles. The normalized spacial score (nSPS) is 17.0. The Morgan fingerprint density at radius 1 is 1.18 bits per heavy atom. The number of imidazole rings is 1. The minimum Gasteiger partial charge on any atom is -0.384 e. The van der Waals surface area contributed by atoms with Gasteiger partial charge in [-0.1, -0.05) is 18.2 Å². The van der Waals surface area contributed by atoms with Crippen molar-refractivity contribution < 1.29 is 4.39 Å². The number of aromatic nitrogens is 3. The number of nitrogens with two attached hydrogens (primary N) is 2. The number of rotatable bonds is 5. The van der Waals surface area contributed by atoms with Crippen LogP contribution in [0.1, 0.15) is 17.1 Å². The summed E-state index contributed by atoms with van der Waals surface area (Å²) in [5.41, 5.74) is 14.0. The standard InChI is InChI=1S/C19H19ClFN7/c20-7-9-27-16(23)11-15(22)25-19(27)18-14-6-3-8-24-28(14)17(26-18)10-12-4-1-2-5-13(12)21/h1-6,8,11,16H,7,9-10,22-23H2. The maximum absolute atomic E-state index is 14.2. The van der Waals surface area contributed by atoms with E-state index in [9.17, 15) is 4.39 Å². The molecule has 9 heteroatoms. The average molecular weight is 400 g/mol. The molecular formula is C19H19ClFN7. The summed E-state index contributed by atoms with van der Waals surface area (Å²) < 4.78 is 15.8. The number of aliphatic imine (C=N–C) groups is 1. The van der Waals surface area contributed by atoms with Gasteiger partial charge >= 0.3 is 0 Å². The predicted molar refractivity (Wildman–Crippen MR) is 106 cm³/mol. The van der Waals surface area contributed by atoms with Crippen LogP contribution >= 0.6 is 11.6 Å². The van der Waals surface area contributed by atoms with E-state index < -0.39 is 6.17 Å². The van der Waals surface area contributed by atoms with E-state index in [0.717, 1.165) is 5.52 Å². The second-order valence-corrected chi connectivity index (χ2v) is 6.74. The molecule has 0 radical (unpaired) electrons. The largest absolute Gasteiger partial charge is 0.384 e. The molecule has 3 heterocycles. The van der Waals surface area contributed by atoms with E-state index in [1.165, 1.54) is 6.07 Å². The molecule has 4 N–H and O–H groups in total. The molecule has 1 atom stereocenters. The van der Waals surface area contributed by atoms with Gasteiger partial charge in [-0.2, -0.15) is 5.10 Å². The summed E-state index contributed by atoms with van der Waals surface area (Å²) in [7, 11) is 0. The first-order chi connectivity index (χ1) is 13.6. The Hall–Kier alpha value is -2.97. The summed E-state index contributed by atoms with van der Waals surface area (Å²) in [6.45, 7) is 0.479. The van der Waals surface area contributed by atoms with Crippen LogP contribution in [0.5, 0.6) is 0 Å². The van der Waals surface area contributed by atoms with Gasteiger partial charge in [-0.15, -0.1) is 11.6 Å². The molecule has 1 unspecified atom stereocenters. The highest BCUT2D eigenvalue weighted by Gasteiger charge is 2.27. The van der Waals surface area contributed by atoms with Gasteiger partial charge in [0.05, 0.1) is 5.52 Å². The van der Waals surface area contributed by atoms with Crippen LogP contribution in [0.2, 0.25) is 0 Å². The third-order valence-corrected chi connectivity index (χ3v) is 4.70. The van der Waals surface area contributed by atoms with Gasteiger partial charge in [0.25, 0.3) is 0 Å². The van der Waals surface area contributed by atoms with Gasteiger partial charge in [0.1, 0.15) is 29.3 Å². The number of hydrogen-bond acceptors (Lipinski definition) is 6. The van der Waals surface area contributed by atoms with Gasteiger partial charge in [-0.05, 0) is 29.8 Å². The van der Waals surface area contributed by atoms with Crippen molar-refractivity contribution in [1.82, 2.24) is 19.5 Å². The number of amidine groups is 1. The lowest BCUT2D eigenvalue weighted by molar-refractivity contribution is 0.376. The molecule has 3 aromatic rings. The summed E-state index contributed by atoms with van der Waals surface area (Å²) in [5, 5.41) is 4.39. The number of fused-ring (bicyclic) bond motifs is 1. The SMILES string of the molecule is NC1=CC(N)N(CCCl)C(c2nc(Cc3ccccc3F)n3ncccc23)=N1. The molecule has 0 spiro atoms. The fourth-order valence-corrected chi connectivity index (χ4v) is 3.43. The third-order valence-electron chi connectivity index (χ3n) is 4.53. The van der Waals surface area contributed by atoms with E-state index in [4.69, 9.17) is 28.1 Å². The molecule has 0 fully saturated rings. The monoisotopic (exact) mass is 399 g/mol. The zero-order chi connectivity index (χ0) is 19.7. The molecule has 1 aromatic carbocycles. The van der Waals surface area contributed by atoms with Crippen LogP contribution in [-0.4, -0.2) is 43.9 Å². The van der Waals surface area contributed by atoms with Crippen LogP contribution in [0.25, 0.3) is 5.52 Å². The molecular weight excluding hydrogens is 381 g/mol. The quantitative estimate of drug-likeness (QED) is 0.638. The zero-order valence-electron chi connectivity index (χ0n) is 15.0. The van der Waals surface area contributed by atoms with Crippen molar-refractivity contribution in [3.05, 3.63) is 77.4 Å². The van der Waals surface area contributed by atoms with Crippen molar-refractivity contribution in [3.8, 4) is 0 Å². The van der Waals surface area contributed by atoms with Crippen LogP contribution in [0.15, 0.2) is 59.5 Å². The van der Waals surface area contributed by atoms with Crippen LogP contribution in [0.4, 0.5) is 4.39 Å². The summed E-state index contributed by atoms with van der Waals surface area (Å²) in [5.74, 6) is 1.51. The van der Waals surface area contributed by atoms with Gasteiger partial charge in [0.2, 0.25) is 0 Å². The molecule has 2 aromatic heterocycles. The molecule has 0 saturated carbocycles. The van der Waals surface area contributed by atoms with Crippen molar-refractivity contribution in [2.75, 3.05) is 12.4 Å². The molecule has 1 aliphatic heterocycles. The maximum Gasteiger partial charge on any atom is 0.160 e. The van der Waals surface area contributed by atoms with Crippen molar-refractivity contribution in [3.63, 3.8) is 0 Å². The predicted octanol–water partition coefficient (Wildman–Crippen LogP) is 1.85. The Morgan fingerprint density at radius 2 is 2.00 bits per heavy atom. The zero-order valence-corrected chi connectivity index (χ0v) is 15.7. The molecule has 7 nitrogen and oxygen atoms in total. The molecule has 4 rings (SSSR count). The Kier molecular flexibility index (Phi) is 4.97. The molecule has 0 amide bonds. The lowest BCUT2D eigenvalue weighted by atomic mass is 10.1. The molecule has 0 aliphatic carbocycles. The number of alkyl halides is 1. The molecule has 28 heavy (non-hydrogen) atoms. The van der Waals surface area contributed by atoms with E-state index in [2.05, 4.69) is 10.1 Å². The topological polar surface area (TPSA) is 97.8 Å². The summed E-state index contributed by atoms with van der Waals surface area (Å²) >= 11 is 5.95. The lowest BCUT2D eigenvalue weighted by Crippen LogP contribution is -2.48. The number of halogens is 2. The van der Waals surface area contributed by atoms with E-state index in [0.29, 0.717) is 41.2 Å². The van der Waals surface area contributed by atoms with Crippen LogP contribution in [0.3, 0.4) is 0 Å². The third kappa shape index (κ3) is 3.32. The van der Waals surface area contributed by atoms with Crippen LogP contribution < -0.4 is 11.5 Å². The highest BCUT2D eigenvalue weighted by atomic mass is 35.5. The summed E-state index contributed by atoms with van der Waals surface area (Å²) in [6, 6.07) is 10.3.